The van der Waals surface area contributed by atoms with Crippen molar-refractivity contribution in [1.82, 2.24) is 14.9 Å². The van der Waals surface area contributed by atoms with E-state index in [1.165, 1.54) is 23.3 Å². The van der Waals surface area contributed by atoms with E-state index >= 15 is 0 Å². The molecule has 1 aromatic carbocycles. The molecule has 0 spiro atoms. The molecule has 1 N–H and O–H groups in total. The molecule has 5 nitrogen and oxygen atoms in total. The van der Waals surface area contributed by atoms with Crippen LogP contribution in [0.3, 0.4) is 0 Å². The number of nitrogens with one attached hydrogen (secondary N) is 1. The fraction of sp³-hybridized carbons (Fsp3) is 0.333. The number of rotatable bonds is 3. The highest BCUT2D eigenvalue weighted by Gasteiger charge is 2.40. The number of aromatic nitrogens is 2. The van der Waals surface area contributed by atoms with E-state index < -0.39 is 0 Å². The zero-order valence-electron chi connectivity index (χ0n) is 14.8. The summed E-state index contributed by atoms with van der Waals surface area (Å²) in [7, 11) is 0. The summed E-state index contributed by atoms with van der Waals surface area (Å²) in [6.45, 7) is 1.68. The average molecular weight is 377 g/mol. The molecule has 0 saturated heterocycles. The summed E-state index contributed by atoms with van der Waals surface area (Å²) in [5.41, 5.74) is 2.99. The second-order valence-corrected chi connectivity index (χ2v) is 8.59. The van der Waals surface area contributed by atoms with Crippen molar-refractivity contribution in [2.24, 2.45) is 5.92 Å². The Morgan fingerprint density at radius 2 is 2.15 bits per heavy atom. The van der Waals surface area contributed by atoms with Gasteiger partial charge in [-0.05, 0) is 54.3 Å². The molecule has 27 heavy (non-hydrogen) atoms. The lowest BCUT2D eigenvalue weighted by Gasteiger charge is -2.35. The van der Waals surface area contributed by atoms with E-state index in [0.717, 1.165) is 30.1 Å². The van der Waals surface area contributed by atoms with Crippen LogP contribution in [0.15, 0.2) is 44.9 Å². The normalized spacial score (nSPS) is 20.4. The van der Waals surface area contributed by atoms with Gasteiger partial charge in [-0.1, -0.05) is 12.1 Å². The topological polar surface area (TPSA) is 62.1 Å². The van der Waals surface area contributed by atoms with Crippen molar-refractivity contribution in [1.29, 1.82) is 0 Å². The van der Waals surface area contributed by atoms with E-state index in [-0.39, 0.29) is 5.56 Å². The Balaban J connectivity index is 1.42. The number of para-hydroxylation sites is 1. The molecule has 1 aliphatic heterocycles. The summed E-state index contributed by atoms with van der Waals surface area (Å²) in [6.07, 6.45) is 3.68. The summed E-state index contributed by atoms with van der Waals surface area (Å²) >= 11 is 1.88. The highest BCUT2D eigenvalue weighted by molar-refractivity contribution is 7.10. The zero-order valence-corrected chi connectivity index (χ0v) is 15.6. The molecule has 6 heteroatoms. The van der Waals surface area contributed by atoms with Crippen LogP contribution in [0.5, 0.6) is 0 Å². The molecule has 0 unspecified atom stereocenters. The first-order valence-corrected chi connectivity index (χ1v) is 10.4. The third kappa shape index (κ3) is 2.47. The van der Waals surface area contributed by atoms with Gasteiger partial charge in [-0.2, -0.15) is 0 Å². The van der Waals surface area contributed by atoms with Crippen molar-refractivity contribution in [3.63, 3.8) is 0 Å². The Morgan fingerprint density at radius 1 is 1.26 bits per heavy atom. The number of hydrogen-bond donors (Lipinski definition) is 1. The van der Waals surface area contributed by atoms with Crippen molar-refractivity contribution >= 4 is 33.4 Å². The molecular weight excluding hydrogens is 358 g/mol. The summed E-state index contributed by atoms with van der Waals surface area (Å²) < 4.78 is 5.72. The molecule has 0 radical (unpaired) electrons. The minimum atomic E-state index is -0.192. The van der Waals surface area contributed by atoms with Crippen LogP contribution in [0, 0.1) is 5.92 Å². The SMILES string of the molecule is O=c1[nH]c(CN2CCc3sccc3[C@H]2C2CC2)nc2c1oc1ccccc12. The number of nitrogens with zero attached hydrogens (tertiary/aromatic N) is 2. The Bertz CT molecular complexity index is 1220. The first-order valence-electron chi connectivity index (χ1n) is 9.49. The van der Waals surface area contributed by atoms with E-state index in [0.29, 0.717) is 29.3 Å². The Kier molecular flexibility index (Phi) is 3.34. The van der Waals surface area contributed by atoms with Crippen LogP contribution in [-0.2, 0) is 13.0 Å². The monoisotopic (exact) mass is 377 g/mol. The van der Waals surface area contributed by atoms with Gasteiger partial charge in [0.15, 0.2) is 0 Å². The van der Waals surface area contributed by atoms with Crippen LogP contribution in [0.1, 0.15) is 35.1 Å². The maximum absolute atomic E-state index is 12.6. The second kappa shape index (κ2) is 5.78. The Morgan fingerprint density at radius 3 is 3.04 bits per heavy atom. The highest BCUT2D eigenvalue weighted by Crippen LogP contribution is 2.48. The smallest absolute Gasteiger partial charge is 0.294 e. The Hall–Kier alpha value is -2.44. The van der Waals surface area contributed by atoms with Crippen LogP contribution >= 0.6 is 11.3 Å². The first kappa shape index (κ1) is 15.6. The number of fused-ring (bicyclic) bond motifs is 4. The van der Waals surface area contributed by atoms with E-state index in [4.69, 9.17) is 9.40 Å². The molecule has 2 aliphatic rings. The van der Waals surface area contributed by atoms with Gasteiger partial charge >= 0.3 is 0 Å². The average Bonchev–Trinajstić information content (AvgIpc) is 3.27. The fourth-order valence-corrected chi connectivity index (χ4v) is 5.37. The molecule has 0 bridgehead atoms. The standard InChI is InChI=1S/C21H19N3O2S/c25-21-20-18(13-3-1-2-4-15(13)26-20)22-17(23-21)11-24-9-7-16-14(8-10-27-16)19(24)12-5-6-12/h1-4,8,10,12,19H,5-7,9,11H2,(H,22,23,25)/t19-/m1/s1. The summed E-state index contributed by atoms with van der Waals surface area (Å²) in [4.78, 5) is 24.4. The fourth-order valence-electron chi connectivity index (χ4n) is 4.45. The first-order chi connectivity index (χ1) is 13.3. The van der Waals surface area contributed by atoms with Gasteiger partial charge in [0.05, 0.1) is 6.54 Å². The van der Waals surface area contributed by atoms with Crippen molar-refractivity contribution < 1.29 is 4.42 Å². The van der Waals surface area contributed by atoms with Gasteiger partial charge in [-0.25, -0.2) is 4.98 Å². The number of thiophene rings is 1. The summed E-state index contributed by atoms with van der Waals surface area (Å²) in [6, 6.07) is 10.4. The minimum absolute atomic E-state index is 0.192. The molecule has 136 valence electrons. The number of hydrogen-bond acceptors (Lipinski definition) is 5. The Labute approximate surface area is 159 Å². The van der Waals surface area contributed by atoms with E-state index in [1.54, 1.807) is 0 Å². The van der Waals surface area contributed by atoms with Gasteiger partial charge in [0.2, 0.25) is 5.58 Å². The zero-order chi connectivity index (χ0) is 18.0. The van der Waals surface area contributed by atoms with Crippen LogP contribution < -0.4 is 5.56 Å². The molecule has 1 fully saturated rings. The van der Waals surface area contributed by atoms with E-state index in [1.807, 2.05) is 35.6 Å². The summed E-state index contributed by atoms with van der Waals surface area (Å²) in [5.74, 6) is 1.47. The lowest BCUT2D eigenvalue weighted by atomic mass is 9.96. The van der Waals surface area contributed by atoms with Gasteiger partial charge < -0.3 is 9.40 Å². The van der Waals surface area contributed by atoms with Gasteiger partial charge in [0, 0.05) is 22.8 Å². The molecule has 4 heterocycles. The molecule has 0 amide bonds. The highest BCUT2D eigenvalue weighted by atomic mass is 32.1. The maximum Gasteiger partial charge on any atom is 0.294 e. The number of benzene rings is 1. The van der Waals surface area contributed by atoms with E-state index in [2.05, 4.69) is 21.3 Å². The molecule has 1 atom stereocenters. The minimum Gasteiger partial charge on any atom is -0.449 e. The third-order valence-electron chi connectivity index (χ3n) is 5.82. The van der Waals surface area contributed by atoms with Crippen LogP contribution in [0.25, 0.3) is 22.1 Å². The van der Waals surface area contributed by atoms with Gasteiger partial charge in [-0.3, -0.25) is 9.69 Å². The second-order valence-electron chi connectivity index (χ2n) is 7.59. The van der Waals surface area contributed by atoms with E-state index in [9.17, 15) is 4.79 Å². The van der Waals surface area contributed by atoms with Crippen molar-refractivity contribution in [2.75, 3.05) is 6.54 Å². The predicted octanol–water partition coefficient (Wildman–Crippen LogP) is 4.24. The maximum atomic E-state index is 12.6. The van der Waals surface area contributed by atoms with Crippen LogP contribution in [-0.4, -0.2) is 21.4 Å². The van der Waals surface area contributed by atoms with Crippen molar-refractivity contribution in [3.05, 3.63) is 62.3 Å². The number of H-pyrrole nitrogens is 1. The number of furan rings is 1. The molecule has 1 aliphatic carbocycles. The van der Waals surface area contributed by atoms with Gasteiger partial charge in [-0.15, -0.1) is 11.3 Å². The quantitative estimate of drug-likeness (QED) is 0.580. The van der Waals surface area contributed by atoms with Crippen molar-refractivity contribution in [3.8, 4) is 0 Å². The lowest BCUT2D eigenvalue weighted by Crippen LogP contribution is -2.36. The third-order valence-corrected chi connectivity index (χ3v) is 6.82. The lowest BCUT2D eigenvalue weighted by molar-refractivity contribution is 0.154. The number of aromatic amines is 1. The van der Waals surface area contributed by atoms with Crippen molar-refractivity contribution in [2.45, 2.75) is 31.8 Å². The molecule has 6 rings (SSSR count). The molecule has 1 saturated carbocycles. The molecule has 4 aromatic rings. The molecular formula is C21H19N3O2S. The van der Waals surface area contributed by atoms with Crippen LogP contribution in [0.2, 0.25) is 0 Å². The van der Waals surface area contributed by atoms with Gasteiger partial charge in [0.1, 0.15) is 16.9 Å². The largest absolute Gasteiger partial charge is 0.449 e. The summed E-state index contributed by atoms with van der Waals surface area (Å²) in [5, 5.41) is 3.12. The predicted molar refractivity (Wildman–Crippen MR) is 106 cm³/mol. The van der Waals surface area contributed by atoms with Gasteiger partial charge in [0.25, 0.3) is 5.56 Å². The molecule has 3 aromatic heterocycles. The van der Waals surface area contributed by atoms with Crippen LogP contribution in [0.4, 0.5) is 0 Å².